The van der Waals surface area contributed by atoms with Crippen LogP contribution in [0.2, 0.25) is 0 Å². The molecule has 0 radical (unpaired) electrons. The van der Waals surface area contributed by atoms with Gasteiger partial charge in [-0.2, -0.15) is 0 Å². The molecule has 0 spiro atoms. The van der Waals surface area contributed by atoms with Crippen LogP contribution in [0.4, 0.5) is 5.69 Å². The molecule has 152 valence electrons. The van der Waals surface area contributed by atoms with Gasteiger partial charge in [0.15, 0.2) is 11.4 Å². The van der Waals surface area contributed by atoms with Crippen molar-refractivity contribution in [1.82, 2.24) is 0 Å². The first-order valence-electron chi connectivity index (χ1n) is 9.78. The Balaban J connectivity index is 1.68. The van der Waals surface area contributed by atoms with E-state index in [-0.39, 0.29) is 12.2 Å². The fourth-order valence-electron chi connectivity index (χ4n) is 4.06. The molecule has 4 nitrogen and oxygen atoms in total. The summed E-state index contributed by atoms with van der Waals surface area (Å²) in [5.41, 5.74) is 2.61. The summed E-state index contributed by atoms with van der Waals surface area (Å²) in [6, 6.07) is 20.4. The van der Waals surface area contributed by atoms with E-state index in [2.05, 4.69) is 15.9 Å². The van der Waals surface area contributed by atoms with Crippen molar-refractivity contribution >= 4 is 33.3 Å². The maximum Gasteiger partial charge on any atom is 0.264 e. The fraction of sp³-hybridized carbons (Fsp3) is 0.200. The van der Waals surface area contributed by atoms with E-state index >= 15 is 0 Å². The van der Waals surface area contributed by atoms with Gasteiger partial charge in [0.2, 0.25) is 0 Å². The van der Waals surface area contributed by atoms with Gasteiger partial charge >= 0.3 is 0 Å². The molecular formula is C25H22BrNO3. The summed E-state index contributed by atoms with van der Waals surface area (Å²) in [4.78, 5) is 28.0. The number of hydrogen-bond donors (Lipinski definition) is 1. The van der Waals surface area contributed by atoms with Gasteiger partial charge in [-0.25, -0.2) is 0 Å². The normalized spacial score (nSPS) is 17.9. The molecule has 4 rings (SSSR count). The van der Waals surface area contributed by atoms with Gasteiger partial charge in [0, 0.05) is 15.6 Å². The Morgan fingerprint density at radius 3 is 2.43 bits per heavy atom. The Morgan fingerprint density at radius 1 is 1.03 bits per heavy atom. The Hall–Kier alpha value is -2.76. The van der Waals surface area contributed by atoms with Gasteiger partial charge in [0.1, 0.15) is 0 Å². The average Bonchev–Trinajstić information content (AvgIpc) is 2.91. The standard InChI is InChI=1S/C25H22BrNO3/c1-16-7-12-20(17(2)13-16)23(28)14-25(30)21-5-3-4-6-22(21)27(24(25)29)15-18-8-10-19(26)11-9-18/h3-13,30H,14-15H2,1-2H3. The number of benzene rings is 3. The summed E-state index contributed by atoms with van der Waals surface area (Å²) in [5, 5.41) is 11.5. The van der Waals surface area contributed by atoms with Crippen LogP contribution in [0.3, 0.4) is 0 Å². The number of hydrogen-bond acceptors (Lipinski definition) is 3. The van der Waals surface area contributed by atoms with Gasteiger partial charge in [0.05, 0.1) is 18.7 Å². The van der Waals surface area contributed by atoms with Crippen LogP contribution in [-0.4, -0.2) is 16.8 Å². The van der Waals surface area contributed by atoms with Gasteiger partial charge < -0.3 is 10.0 Å². The van der Waals surface area contributed by atoms with Crippen molar-refractivity contribution in [3.8, 4) is 0 Å². The molecule has 0 saturated carbocycles. The monoisotopic (exact) mass is 463 g/mol. The molecule has 30 heavy (non-hydrogen) atoms. The van der Waals surface area contributed by atoms with Crippen molar-refractivity contribution in [1.29, 1.82) is 0 Å². The number of rotatable bonds is 5. The number of nitrogens with zero attached hydrogens (tertiary/aromatic N) is 1. The quantitative estimate of drug-likeness (QED) is 0.537. The zero-order chi connectivity index (χ0) is 21.5. The smallest absolute Gasteiger partial charge is 0.264 e. The molecule has 5 heteroatoms. The Labute approximate surface area is 184 Å². The average molecular weight is 464 g/mol. The minimum absolute atomic E-state index is 0.247. The van der Waals surface area contributed by atoms with Gasteiger partial charge in [-0.1, -0.05) is 70.0 Å². The Bertz CT molecular complexity index is 1140. The minimum atomic E-state index is -1.87. The van der Waals surface area contributed by atoms with Gasteiger partial charge in [-0.3, -0.25) is 9.59 Å². The van der Waals surface area contributed by atoms with E-state index in [0.717, 1.165) is 21.2 Å². The highest BCUT2D eigenvalue weighted by Gasteiger charge is 2.50. The molecule has 1 aliphatic rings. The van der Waals surface area contributed by atoms with E-state index in [0.29, 0.717) is 23.4 Å². The summed E-state index contributed by atoms with van der Waals surface area (Å²) in [5.74, 6) is -0.714. The van der Waals surface area contributed by atoms with Gasteiger partial charge in [0.25, 0.3) is 5.91 Å². The molecular weight excluding hydrogens is 442 g/mol. The van der Waals surface area contributed by atoms with E-state index in [4.69, 9.17) is 0 Å². The second-order valence-corrected chi connectivity index (χ2v) is 8.73. The van der Waals surface area contributed by atoms with Crippen molar-refractivity contribution in [2.45, 2.75) is 32.4 Å². The first kappa shape index (κ1) is 20.5. The highest BCUT2D eigenvalue weighted by molar-refractivity contribution is 9.10. The highest BCUT2D eigenvalue weighted by atomic mass is 79.9. The zero-order valence-electron chi connectivity index (χ0n) is 16.9. The molecule has 3 aromatic rings. The minimum Gasteiger partial charge on any atom is -0.375 e. The predicted octanol–water partition coefficient (Wildman–Crippen LogP) is 5.07. The first-order valence-corrected chi connectivity index (χ1v) is 10.6. The Morgan fingerprint density at radius 2 is 1.73 bits per heavy atom. The number of aryl methyl sites for hydroxylation is 2. The molecule has 0 aliphatic carbocycles. The van der Waals surface area contributed by atoms with E-state index in [1.165, 1.54) is 0 Å². The third kappa shape index (κ3) is 3.59. The van der Waals surface area contributed by atoms with Crippen LogP contribution in [0, 0.1) is 13.8 Å². The number of fused-ring (bicyclic) bond motifs is 1. The molecule has 1 amide bonds. The topological polar surface area (TPSA) is 57.6 Å². The summed E-state index contributed by atoms with van der Waals surface area (Å²) in [6.45, 7) is 4.16. The van der Waals surface area contributed by atoms with Crippen LogP contribution < -0.4 is 4.90 Å². The number of aliphatic hydroxyl groups is 1. The number of Topliss-reactive ketones (excluding diaryl/α,β-unsaturated/α-hetero) is 1. The number of carbonyl (C=O) groups is 2. The summed E-state index contributed by atoms with van der Waals surface area (Å²) >= 11 is 3.42. The number of anilines is 1. The summed E-state index contributed by atoms with van der Waals surface area (Å²) < 4.78 is 0.954. The molecule has 0 bridgehead atoms. The molecule has 0 saturated heterocycles. The number of carbonyl (C=O) groups excluding carboxylic acids is 2. The molecule has 1 atom stereocenters. The van der Waals surface area contributed by atoms with Crippen molar-refractivity contribution < 1.29 is 14.7 Å². The molecule has 0 fully saturated rings. The molecule has 1 heterocycles. The lowest BCUT2D eigenvalue weighted by Crippen LogP contribution is -2.41. The second-order valence-electron chi connectivity index (χ2n) is 7.81. The Kier molecular flexibility index (Phi) is 5.35. The van der Waals surface area contributed by atoms with Crippen LogP contribution in [0.5, 0.6) is 0 Å². The van der Waals surface area contributed by atoms with E-state index in [1.807, 2.05) is 62.4 Å². The lowest BCUT2D eigenvalue weighted by molar-refractivity contribution is -0.136. The lowest BCUT2D eigenvalue weighted by atomic mass is 9.87. The van der Waals surface area contributed by atoms with Crippen molar-refractivity contribution in [3.63, 3.8) is 0 Å². The highest BCUT2D eigenvalue weighted by Crippen LogP contribution is 2.43. The SMILES string of the molecule is Cc1ccc(C(=O)CC2(O)C(=O)N(Cc3ccc(Br)cc3)c3ccccc32)c(C)c1. The van der Waals surface area contributed by atoms with Crippen molar-refractivity contribution in [3.05, 3.63) is 99.0 Å². The second kappa shape index (κ2) is 7.82. The van der Waals surface area contributed by atoms with E-state index in [1.54, 1.807) is 23.1 Å². The number of para-hydroxylation sites is 1. The third-order valence-corrected chi connectivity index (χ3v) is 6.12. The maximum absolute atomic E-state index is 13.4. The third-order valence-electron chi connectivity index (χ3n) is 5.59. The number of halogens is 1. The lowest BCUT2D eigenvalue weighted by Gasteiger charge is -2.23. The molecule has 1 unspecified atom stereocenters. The van der Waals surface area contributed by atoms with Crippen LogP contribution in [-0.2, 0) is 16.9 Å². The van der Waals surface area contributed by atoms with Crippen LogP contribution in [0.1, 0.15) is 39.0 Å². The first-order chi connectivity index (χ1) is 14.3. The number of amides is 1. The fourth-order valence-corrected chi connectivity index (χ4v) is 4.33. The van der Waals surface area contributed by atoms with Crippen LogP contribution >= 0.6 is 15.9 Å². The predicted molar refractivity (Wildman–Crippen MR) is 121 cm³/mol. The summed E-state index contributed by atoms with van der Waals surface area (Å²) in [7, 11) is 0. The molecule has 1 aliphatic heterocycles. The van der Waals surface area contributed by atoms with Gasteiger partial charge in [-0.15, -0.1) is 0 Å². The van der Waals surface area contributed by atoms with E-state index < -0.39 is 11.5 Å². The van der Waals surface area contributed by atoms with Crippen LogP contribution in [0.25, 0.3) is 0 Å². The molecule has 0 aromatic heterocycles. The van der Waals surface area contributed by atoms with E-state index in [9.17, 15) is 14.7 Å². The maximum atomic E-state index is 13.4. The number of ketones is 1. The van der Waals surface area contributed by atoms with Crippen LogP contribution in [0.15, 0.2) is 71.2 Å². The van der Waals surface area contributed by atoms with Gasteiger partial charge in [-0.05, 0) is 43.2 Å². The van der Waals surface area contributed by atoms with Crippen molar-refractivity contribution in [2.75, 3.05) is 4.90 Å². The molecule has 3 aromatic carbocycles. The largest absolute Gasteiger partial charge is 0.375 e. The van der Waals surface area contributed by atoms with Crippen molar-refractivity contribution in [2.24, 2.45) is 0 Å². The zero-order valence-corrected chi connectivity index (χ0v) is 18.4. The summed E-state index contributed by atoms with van der Waals surface area (Å²) in [6.07, 6.45) is -0.288. The molecule has 1 N–H and O–H groups in total.